The van der Waals surface area contributed by atoms with E-state index in [0.29, 0.717) is 25.1 Å². The van der Waals surface area contributed by atoms with Crippen molar-refractivity contribution in [1.82, 2.24) is 4.98 Å². The van der Waals surface area contributed by atoms with Gasteiger partial charge in [-0.05, 0) is 28.8 Å². The molecular formula is C13H17N3O4. The Morgan fingerprint density at radius 3 is 2.60 bits per heavy atom. The quantitative estimate of drug-likeness (QED) is 0.633. The average Bonchev–Trinajstić information content (AvgIpc) is 2.46. The third-order valence-corrected chi connectivity index (χ3v) is 3.83. The normalized spacial score (nSPS) is 17.4. The summed E-state index contributed by atoms with van der Waals surface area (Å²) in [6, 6.07) is 2.85. The van der Waals surface area contributed by atoms with Gasteiger partial charge in [-0.2, -0.15) is 0 Å². The van der Waals surface area contributed by atoms with Crippen molar-refractivity contribution in [1.29, 1.82) is 0 Å². The fourth-order valence-corrected chi connectivity index (χ4v) is 2.56. The van der Waals surface area contributed by atoms with E-state index in [9.17, 15) is 20.0 Å². The Morgan fingerprint density at radius 2 is 2.10 bits per heavy atom. The van der Waals surface area contributed by atoms with E-state index in [2.05, 4.69) is 10.3 Å². The second kappa shape index (κ2) is 5.85. The van der Waals surface area contributed by atoms with Gasteiger partial charge in [0.05, 0.1) is 11.1 Å². The third kappa shape index (κ3) is 3.04. The number of anilines is 1. The summed E-state index contributed by atoms with van der Waals surface area (Å²) in [5.74, 6) is -0.999. The highest BCUT2D eigenvalue weighted by Gasteiger charge is 2.39. The third-order valence-electron chi connectivity index (χ3n) is 3.83. The lowest BCUT2D eigenvalue weighted by molar-refractivity contribution is -0.389. The number of rotatable bonds is 5. The molecule has 1 aromatic rings. The van der Waals surface area contributed by atoms with Crippen LogP contribution in [0.1, 0.15) is 32.1 Å². The second-order valence-electron chi connectivity index (χ2n) is 5.16. The van der Waals surface area contributed by atoms with Gasteiger partial charge in [0.1, 0.15) is 0 Å². The molecule has 1 fully saturated rings. The Bertz CT molecular complexity index is 495. The van der Waals surface area contributed by atoms with Crippen LogP contribution in [0.2, 0.25) is 0 Å². The van der Waals surface area contributed by atoms with Gasteiger partial charge in [-0.25, -0.2) is 0 Å². The molecule has 0 aromatic carbocycles. The van der Waals surface area contributed by atoms with Gasteiger partial charge >= 0.3 is 11.8 Å². The van der Waals surface area contributed by atoms with Crippen molar-refractivity contribution in [3.8, 4) is 0 Å². The smallest absolute Gasteiger partial charge is 0.363 e. The van der Waals surface area contributed by atoms with E-state index in [-0.39, 0.29) is 5.82 Å². The SMILES string of the molecule is O=C(O)C1(CNc2ccc([N+](=O)[O-])nc2)CCCCC1. The summed E-state index contributed by atoms with van der Waals surface area (Å²) in [6.07, 6.45) is 5.61. The molecule has 0 atom stereocenters. The zero-order valence-electron chi connectivity index (χ0n) is 11.0. The van der Waals surface area contributed by atoms with Crippen molar-refractivity contribution in [2.45, 2.75) is 32.1 Å². The van der Waals surface area contributed by atoms with E-state index in [1.807, 2.05) is 0 Å². The van der Waals surface area contributed by atoms with Crippen molar-refractivity contribution in [3.63, 3.8) is 0 Å². The standard InChI is InChI=1S/C13H17N3O4/c17-12(18)13(6-2-1-3-7-13)9-15-10-4-5-11(14-8-10)16(19)20/h4-5,8,15H,1-3,6-7,9H2,(H,17,18). The predicted octanol–water partition coefficient (Wildman–Crippen LogP) is 2.44. The first-order valence-electron chi connectivity index (χ1n) is 6.61. The number of aromatic nitrogens is 1. The molecule has 2 N–H and O–H groups in total. The fraction of sp³-hybridized carbons (Fsp3) is 0.538. The van der Waals surface area contributed by atoms with Crippen LogP contribution in [0.3, 0.4) is 0 Å². The number of carbonyl (C=O) groups is 1. The highest BCUT2D eigenvalue weighted by Crippen LogP contribution is 2.36. The predicted molar refractivity (Wildman–Crippen MR) is 72.5 cm³/mol. The first-order valence-corrected chi connectivity index (χ1v) is 6.61. The molecular weight excluding hydrogens is 262 g/mol. The molecule has 7 nitrogen and oxygen atoms in total. The minimum Gasteiger partial charge on any atom is -0.481 e. The van der Waals surface area contributed by atoms with Gasteiger partial charge in [0.15, 0.2) is 6.20 Å². The lowest BCUT2D eigenvalue weighted by Crippen LogP contribution is -2.39. The summed E-state index contributed by atoms with van der Waals surface area (Å²) in [7, 11) is 0. The molecule has 108 valence electrons. The van der Waals surface area contributed by atoms with Crippen LogP contribution in [-0.2, 0) is 4.79 Å². The maximum atomic E-state index is 11.5. The van der Waals surface area contributed by atoms with Crippen LogP contribution in [0, 0.1) is 15.5 Å². The van der Waals surface area contributed by atoms with Crippen LogP contribution in [0.4, 0.5) is 11.5 Å². The molecule has 2 rings (SSSR count). The Kier molecular flexibility index (Phi) is 4.16. The zero-order chi connectivity index (χ0) is 14.6. The van der Waals surface area contributed by atoms with Crippen molar-refractivity contribution in [3.05, 3.63) is 28.4 Å². The number of carboxylic acid groups (broad SMARTS) is 1. The summed E-state index contributed by atoms with van der Waals surface area (Å²) < 4.78 is 0. The van der Waals surface area contributed by atoms with Crippen LogP contribution < -0.4 is 5.32 Å². The van der Waals surface area contributed by atoms with Gasteiger partial charge in [0.25, 0.3) is 0 Å². The van der Waals surface area contributed by atoms with Gasteiger partial charge in [0, 0.05) is 12.6 Å². The first kappa shape index (κ1) is 14.2. The number of nitro groups is 1. The first-order chi connectivity index (χ1) is 9.53. The molecule has 1 aromatic heterocycles. The van der Waals surface area contributed by atoms with E-state index in [0.717, 1.165) is 19.3 Å². The Hall–Kier alpha value is -2.18. The molecule has 1 aliphatic carbocycles. The van der Waals surface area contributed by atoms with Gasteiger partial charge in [-0.3, -0.25) is 4.79 Å². The molecule has 1 aliphatic rings. The molecule has 0 unspecified atom stereocenters. The van der Waals surface area contributed by atoms with Crippen molar-refractivity contribution in [2.24, 2.45) is 5.41 Å². The summed E-state index contributed by atoms with van der Waals surface area (Å²) in [5, 5.41) is 23.0. The van der Waals surface area contributed by atoms with Crippen molar-refractivity contribution >= 4 is 17.5 Å². The van der Waals surface area contributed by atoms with Crippen LogP contribution in [0.5, 0.6) is 0 Å². The fourth-order valence-electron chi connectivity index (χ4n) is 2.56. The number of nitrogens with zero attached hydrogens (tertiary/aromatic N) is 2. The van der Waals surface area contributed by atoms with Crippen molar-refractivity contribution in [2.75, 3.05) is 11.9 Å². The van der Waals surface area contributed by atoms with Gasteiger partial charge in [-0.1, -0.05) is 19.3 Å². The number of hydrogen-bond acceptors (Lipinski definition) is 5. The molecule has 1 saturated carbocycles. The summed E-state index contributed by atoms with van der Waals surface area (Å²) in [5.41, 5.74) is -0.137. The number of pyridine rings is 1. The highest BCUT2D eigenvalue weighted by molar-refractivity contribution is 5.75. The highest BCUT2D eigenvalue weighted by atomic mass is 16.6. The Labute approximate surface area is 116 Å². The minimum atomic E-state index is -0.778. The Morgan fingerprint density at radius 1 is 1.40 bits per heavy atom. The topological polar surface area (TPSA) is 105 Å². The molecule has 0 spiro atoms. The summed E-state index contributed by atoms with van der Waals surface area (Å²) >= 11 is 0. The van der Waals surface area contributed by atoms with Crippen LogP contribution in [-0.4, -0.2) is 27.5 Å². The maximum absolute atomic E-state index is 11.5. The number of aliphatic carboxylic acids is 1. The van der Waals surface area contributed by atoms with Crippen LogP contribution >= 0.6 is 0 Å². The molecule has 0 amide bonds. The molecule has 0 radical (unpaired) electrons. The average molecular weight is 279 g/mol. The molecule has 0 bridgehead atoms. The summed E-state index contributed by atoms with van der Waals surface area (Å²) in [6.45, 7) is 0.321. The van der Waals surface area contributed by atoms with Crippen molar-refractivity contribution < 1.29 is 14.8 Å². The largest absolute Gasteiger partial charge is 0.481 e. The van der Waals surface area contributed by atoms with Crippen LogP contribution in [0.25, 0.3) is 0 Å². The van der Waals surface area contributed by atoms with Gasteiger partial charge in [-0.15, -0.1) is 0 Å². The molecule has 0 aliphatic heterocycles. The zero-order valence-corrected chi connectivity index (χ0v) is 11.0. The summed E-state index contributed by atoms with van der Waals surface area (Å²) in [4.78, 5) is 25.1. The monoisotopic (exact) mass is 279 g/mol. The van der Waals surface area contributed by atoms with E-state index in [1.54, 1.807) is 6.07 Å². The van der Waals surface area contributed by atoms with E-state index in [4.69, 9.17) is 0 Å². The van der Waals surface area contributed by atoms with E-state index < -0.39 is 16.3 Å². The Balaban J connectivity index is 2.02. The van der Waals surface area contributed by atoms with E-state index >= 15 is 0 Å². The lowest BCUT2D eigenvalue weighted by atomic mass is 9.74. The molecule has 0 saturated heterocycles. The maximum Gasteiger partial charge on any atom is 0.363 e. The van der Waals surface area contributed by atoms with Crippen LogP contribution in [0.15, 0.2) is 18.3 Å². The molecule has 7 heteroatoms. The number of carboxylic acids is 1. The molecule has 20 heavy (non-hydrogen) atoms. The van der Waals surface area contributed by atoms with E-state index in [1.165, 1.54) is 12.3 Å². The van der Waals surface area contributed by atoms with Gasteiger partial charge < -0.3 is 20.5 Å². The minimum absolute atomic E-state index is 0.221. The second-order valence-corrected chi connectivity index (χ2v) is 5.16. The van der Waals surface area contributed by atoms with Gasteiger partial charge in [0.2, 0.25) is 0 Å². The molecule has 1 heterocycles. The number of hydrogen-bond donors (Lipinski definition) is 2. The number of nitrogens with one attached hydrogen (secondary N) is 1. The lowest BCUT2D eigenvalue weighted by Gasteiger charge is -2.33.